The van der Waals surface area contributed by atoms with Crippen LogP contribution in [0.2, 0.25) is 0 Å². The Labute approximate surface area is 161 Å². The maximum absolute atomic E-state index is 12.4. The van der Waals surface area contributed by atoms with Crippen LogP contribution in [0.25, 0.3) is 0 Å². The van der Waals surface area contributed by atoms with Crippen LogP contribution in [-0.4, -0.2) is 67.5 Å². The maximum Gasteiger partial charge on any atom is 0.260 e. The minimum absolute atomic E-state index is 0.0163. The molecule has 2 saturated heterocycles. The molecule has 27 heavy (non-hydrogen) atoms. The molecule has 2 amide bonds. The summed E-state index contributed by atoms with van der Waals surface area (Å²) < 4.78 is 5.58. The van der Waals surface area contributed by atoms with Gasteiger partial charge in [0.15, 0.2) is 6.61 Å². The Morgan fingerprint density at radius 1 is 1.00 bits per heavy atom. The lowest BCUT2D eigenvalue weighted by Crippen LogP contribution is -2.51. The third kappa shape index (κ3) is 5.96. The van der Waals surface area contributed by atoms with Crippen molar-refractivity contribution >= 4 is 11.8 Å². The van der Waals surface area contributed by atoms with Crippen molar-refractivity contribution in [1.82, 2.24) is 15.1 Å². The van der Waals surface area contributed by atoms with Gasteiger partial charge >= 0.3 is 0 Å². The van der Waals surface area contributed by atoms with E-state index in [9.17, 15) is 9.59 Å². The highest BCUT2D eigenvalue weighted by molar-refractivity contribution is 5.79. The van der Waals surface area contributed by atoms with E-state index in [0.29, 0.717) is 44.3 Å². The lowest BCUT2D eigenvalue weighted by molar-refractivity contribution is -0.140. The van der Waals surface area contributed by atoms with Crippen molar-refractivity contribution in [3.8, 4) is 5.75 Å². The fourth-order valence-electron chi connectivity index (χ4n) is 3.73. The average Bonchev–Trinajstić information content (AvgIpc) is 2.72. The SMILES string of the molecule is Cc1ccc(OCC(=O)N2CCN(C(=O)CCC3CCNCC3)CC2)cc1. The smallest absolute Gasteiger partial charge is 0.260 e. The van der Waals surface area contributed by atoms with Crippen molar-refractivity contribution in [3.63, 3.8) is 0 Å². The zero-order valence-electron chi connectivity index (χ0n) is 16.3. The second-order valence-corrected chi connectivity index (χ2v) is 7.60. The van der Waals surface area contributed by atoms with E-state index in [0.717, 1.165) is 25.1 Å². The Morgan fingerprint density at radius 2 is 1.59 bits per heavy atom. The molecule has 0 radical (unpaired) electrons. The van der Waals surface area contributed by atoms with E-state index in [1.165, 1.54) is 12.8 Å². The average molecular weight is 373 g/mol. The summed E-state index contributed by atoms with van der Waals surface area (Å²) in [7, 11) is 0. The third-order valence-electron chi connectivity index (χ3n) is 5.59. The van der Waals surface area contributed by atoms with Crippen molar-refractivity contribution in [3.05, 3.63) is 29.8 Å². The number of piperidine rings is 1. The maximum atomic E-state index is 12.4. The first-order valence-electron chi connectivity index (χ1n) is 10.1. The fourth-order valence-corrected chi connectivity index (χ4v) is 3.73. The van der Waals surface area contributed by atoms with Crippen LogP contribution >= 0.6 is 0 Å². The number of benzene rings is 1. The molecule has 0 spiro atoms. The lowest BCUT2D eigenvalue weighted by Gasteiger charge is -2.35. The Bertz CT molecular complexity index is 618. The first-order chi connectivity index (χ1) is 13.1. The molecular formula is C21H31N3O3. The van der Waals surface area contributed by atoms with Crippen LogP contribution in [0.1, 0.15) is 31.2 Å². The highest BCUT2D eigenvalue weighted by atomic mass is 16.5. The predicted molar refractivity (Wildman–Crippen MR) is 105 cm³/mol. The molecule has 6 heteroatoms. The Kier molecular flexibility index (Phi) is 7.10. The molecule has 2 fully saturated rings. The van der Waals surface area contributed by atoms with Crippen LogP contribution in [-0.2, 0) is 9.59 Å². The largest absolute Gasteiger partial charge is 0.484 e. The second-order valence-electron chi connectivity index (χ2n) is 7.60. The zero-order valence-corrected chi connectivity index (χ0v) is 16.3. The number of aryl methyl sites for hydroxylation is 1. The summed E-state index contributed by atoms with van der Waals surface area (Å²) in [4.78, 5) is 28.5. The van der Waals surface area contributed by atoms with Crippen molar-refractivity contribution in [1.29, 1.82) is 0 Å². The third-order valence-corrected chi connectivity index (χ3v) is 5.59. The normalized spacial score (nSPS) is 18.4. The highest BCUT2D eigenvalue weighted by Crippen LogP contribution is 2.19. The van der Waals surface area contributed by atoms with E-state index < -0.39 is 0 Å². The number of rotatable bonds is 6. The molecular weight excluding hydrogens is 342 g/mol. The van der Waals surface area contributed by atoms with Crippen molar-refractivity contribution in [2.24, 2.45) is 5.92 Å². The molecule has 0 saturated carbocycles. The molecule has 2 heterocycles. The van der Waals surface area contributed by atoms with Gasteiger partial charge in [0.1, 0.15) is 5.75 Å². The van der Waals surface area contributed by atoms with Crippen LogP contribution in [0.4, 0.5) is 0 Å². The summed E-state index contributed by atoms with van der Waals surface area (Å²) in [6.45, 7) is 6.65. The Hall–Kier alpha value is -2.08. The minimum atomic E-state index is -0.0163. The highest BCUT2D eigenvalue weighted by Gasteiger charge is 2.25. The lowest BCUT2D eigenvalue weighted by atomic mass is 9.93. The molecule has 0 unspecified atom stereocenters. The summed E-state index contributed by atoms with van der Waals surface area (Å²) in [6.07, 6.45) is 3.98. The van der Waals surface area contributed by atoms with Crippen molar-refractivity contribution < 1.29 is 14.3 Å². The number of hydrogen-bond donors (Lipinski definition) is 1. The molecule has 2 aliphatic rings. The molecule has 0 aliphatic carbocycles. The summed E-state index contributed by atoms with van der Waals surface area (Å²) >= 11 is 0. The van der Waals surface area contributed by atoms with Crippen molar-refractivity contribution in [2.45, 2.75) is 32.6 Å². The van der Waals surface area contributed by atoms with Crippen LogP contribution < -0.4 is 10.1 Å². The first kappa shape index (κ1) is 19.7. The molecule has 148 valence electrons. The van der Waals surface area contributed by atoms with Gasteiger partial charge < -0.3 is 19.9 Å². The van der Waals surface area contributed by atoms with Gasteiger partial charge in [0.25, 0.3) is 5.91 Å². The molecule has 1 aromatic rings. The number of hydrogen-bond acceptors (Lipinski definition) is 4. The molecule has 0 bridgehead atoms. The summed E-state index contributed by atoms with van der Waals surface area (Å²) in [6, 6.07) is 7.69. The number of nitrogens with one attached hydrogen (secondary N) is 1. The van der Waals surface area contributed by atoms with Gasteiger partial charge in [-0.25, -0.2) is 0 Å². The van der Waals surface area contributed by atoms with E-state index in [1.807, 2.05) is 36.1 Å². The number of amides is 2. The molecule has 1 N–H and O–H groups in total. The monoisotopic (exact) mass is 373 g/mol. The van der Waals surface area contributed by atoms with E-state index in [4.69, 9.17) is 4.74 Å². The number of nitrogens with zero attached hydrogens (tertiary/aromatic N) is 2. The van der Waals surface area contributed by atoms with Gasteiger partial charge in [0.05, 0.1) is 0 Å². The standard InChI is InChI=1S/C21H31N3O3/c1-17-2-5-19(6-3-17)27-16-21(26)24-14-12-23(13-15-24)20(25)7-4-18-8-10-22-11-9-18/h2-3,5-6,18,22H,4,7-16H2,1H3. The van der Waals surface area contributed by atoms with Gasteiger partial charge in [-0.3, -0.25) is 9.59 Å². The zero-order chi connectivity index (χ0) is 19.1. The van der Waals surface area contributed by atoms with Crippen LogP contribution in [0.3, 0.4) is 0 Å². The van der Waals surface area contributed by atoms with Gasteiger partial charge in [0.2, 0.25) is 5.91 Å². The van der Waals surface area contributed by atoms with Crippen LogP contribution in [0.5, 0.6) is 5.75 Å². The van der Waals surface area contributed by atoms with E-state index in [1.54, 1.807) is 4.90 Å². The van der Waals surface area contributed by atoms with Crippen LogP contribution in [0, 0.1) is 12.8 Å². The Balaban J connectivity index is 1.35. The van der Waals surface area contributed by atoms with Gasteiger partial charge in [-0.15, -0.1) is 0 Å². The van der Waals surface area contributed by atoms with Gasteiger partial charge in [-0.1, -0.05) is 17.7 Å². The van der Waals surface area contributed by atoms with Crippen molar-refractivity contribution in [2.75, 3.05) is 45.9 Å². The molecule has 0 atom stereocenters. The quantitative estimate of drug-likeness (QED) is 0.826. The number of carbonyl (C=O) groups excluding carboxylic acids is 2. The number of carbonyl (C=O) groups is 2. The predicted octanol–water partition coefficient (Wildman–Crippen LogP) is 1.82. The molecule has 1 aromatic carbocycles. The summed E-state index contributed by atoms with van der Waals surface area (Å²) in [5.74, 6) is 1.60. The van der Waals surface area contributed by atoms with Gasteiger partial charge in [-0.05, 0) is 57.3 Å². The fraction of sp³-hybridized carbons (Fsp3) is 0.619. The summed E-state index contributed by atoms with van der Waals surface area (Å²) in [5.41, 5.74) is 1.16. The Morgan fingerprint density at radius 3 is 2.22 bits per heavy atom. The van der Waals surface area contributed by atoms with E-state index in [2.05, 4.69) is 5.32 Å². The van der Waals surface area contributed by atoms with Gasteiger partial charge in [-0.2, -0.15) is 0 Å². The number of piperazine rings is 1. The first-order valence-corrected chi connectivity index (χ1v) is 10.1. The van der Waals surface area contributed by atoms with Crippen LogP contribution in [0.15, 0.2) is 24.3 Å². The number of ether oxygens (including phenoxy) is 1. The van der Waals surface area contributed by atoms with Gasteiger partial charge in [0, 0.05) is 32.6 Å². The molecule has 6 nitrogen and oxygen atoms in total. The topological polar surface area (TPSA) is 61.9 Å². The van der Waals surface area contributed by atoms with E-state index >= 15 is 0 Å². The molecule has 0 aromatic heterocycles. The second kappa shape index (κ2) is 9.74. The minimum Gasteiger partial charge on any atom is -0.484 e. The molecule has 3 rings (SSSR count). The molecule has 2 aliphatic heterocycles. The summed E-state index contributed by atoms with van der Waals surface area (Å²) in [5, 5.41) is 3.36. The van der Waals surface area contributed by atoms with E-state index in [-0.39, 0.29) is 18.4 Å².